The van der Waals surface area contributed by atoms with Crippen LogP contribution in [0, 0.1) is 6.92 Å². The van der Waals surface area contributed by atoms with Gasteiger partial charge in [-0.2, -0.15) is 4.98 Å². The Balaban J connectivity index is 2.22. The molecule has 2 rings (SSSR count). The van der Waals surface area contributed by atoms with Gasteiger partial charge in [0.05, 0.1) is 10.2 Å². The van der Waals surface area contributed by atoms with E-state index in [1.807, 2.05) is 37.3 Å². The number of benzene rings is 1. The Bertz CT molecular complexity index is 459. The van der Waals surface area contributed by atoms with Crippen LogP contribution in [-0.4, -0.2) is 9.97 Å². The Morgan fingerprint density at radius 3 is 2.60 bits per heavy atom. The van der Waals surface area contributed by atoms with E-state index < -0.39 is 0 Å². The first-order valence-electron chi connectivity index (χ1n) is 4.48. The highest BCUT2D eigenvalue weighted by Crippen LogP contribution is 2.19. The topological polar surface area (TPSA) is 35.0 Å². The molecule has 0 aliphatic carbocycles. The van der Waals surface area contributed by atoms with E-state index in [2.05, 4.69) is 25.9 Å². The predicted octanol–water partition coefficient (Wildman–Crippen LogP) is 3.34. The Labute approximate surface area is 96.3 Å². The van der Waals surface area contributed by atoms with Crippen molar-refractivity contribution >= 4 is 15.9 Å². The Morgan fingerprint density at radius 1 is 1.20 bits per heavy atom. The number of nitrogens with zero attached hydrogens (tertiary/aromatic N) is 2. The smallest absolute Gasteiger partial charge is 0.322 e. The molecule has 0 amide bonds. The highest BCUT2D eigenvalue weighted by atomic mass is 79.9. The van der Waals surface area contributed by atoms with Gasteiger partial charge in [-0.15, -0.1) is 0 Å². The SMILES string of the molecule is Cc1nc(Oc2ccccc2)ncc1Br. The van der Waals surface area contributed by atoms with Crippen molar-refractivity contribution in [1.29, 1.82) is 0 Å². The van der Waals surface area contributed by atoms with Crippen molar-refractivity contribution in [3.8, 4) is 11.8 Å². The maximum absolute atomic E-state index is 5.47. The number of ether oxygens (including phenoxy) is 1. The van der Waals surface area contributed by atoms with E-state index in [1.165, 1.54) is 0 Å². The van der Waals surface area contributed by atoms with E-state index in [0.717, 1.165) is 15.9 Å². The molecule has 76 valence electrons. The van der Waals surface area contributed by atoms with Crippen LogP contribution in [0.15, 0.2) is 41.0 Å². The summed E-state index contributed by atoms with van der Waals surface area (Å²) in [5.74, 6) is 0.735. The van der Waals surface area contributed by atoms with Crippen molar-refractivity contribution < 1.29 is 4.74 Å². The molecule has 0 fully saturated rings. The van der Waals surface area contributed by atoms with Gasteiger partial charge in [0.1, 0.15) is 5.75 Å². The van der Waals surface area contributed by atoms with E-state index in [1.54, 1.807) is 6.20 Å². The van der Waals surface area contributed by atoms with Crippen LogP contribution in [0.25, 0.3) is 0 Å². The van der Waals surface area contributed by atoms with Gasteiger partial charge < -0.3 is 4.74 Å². The van der Waals surface area contributed by atoms with Crippen LogP contribution in [0.4, 0.5) is 0 Å². The molecule has 0 saturated carbocycles. The molecule has 1 aromatic heterocycles. The van der Waals surface area contributed by atoms with Gasteiger partial charge in [0, 0.05) is 6.20 Å². The molecule has 0 unspecified atom stereocenters. The zero-order valence-corrected chi connectivity index (χ0v) is 9.73. The minimum Gasteiger partial charge on any atom is -0.424 e. The van der Waals surface area contributed by atoms with Gasteiger partial charge in [-0.1, -0.05) is 18.2 Å². The first kappa shape index (κ1) is 10.1. The van der Waals surface area contributed by atoms with Gasteiger partial charge in [0.15, 0.2) is 0 Å². The quantitative estimate of drug-likeness (QED) is 0.835. The lowest BCUT2D eigenvalue weighted by molar-refractivity contribution is 0.440. The first-order valence-corrected chi connectivity index (χ1v) is 5.27. The minimum atomic E-state index is 0.363. The second kappa shape index (κ2) is 4.40. The summed E-state index contributed by atoms with van der Waals surface area (Å²) in [6.45, 7) is 1.89. The fourth-order valence-electron chi connectivity index (χ4n) is 1.07. The number of hydrogen-bond acceptors (Lipinski definition) is 3. The molecule has 0 aliphatic heterocycles. The lowest BCUT2D eigenvalue weighted by atomic mass is 10.3. The summed E-state index contributed by atoms with van der Waals surface area (Å²) < 4.78 is 6.35. The summed E-state index contributed by atoms with van der Waals surface area (Å²) in [4.78, 5) is 8.24. The highest BCUT2D eigenvalue weighted by Gasteiger charge is 2.02. The summed E-state index contributed by atoms with van der Waals surface area (Å²) >= 11 is 3.33. The number of rotatable bonds is 2. The molecule has 2 aromatic rings. The average Bonchev–Trinajstić information content (AvgIpc) is 2.25. The second-order valence-corrected chi connectivity index (χ2v) is 3.86. The van der Waals surface area contributed by atoms with Crippen molar-refractivity contribution in [3.05, 3.63) is 46.7 Å². The summed E-state index contributed by atoms with van der Waals surface area (Å²) in [6.07, 6.45) is 1.68. The summed E-state index contributed by atoms with van der Waals surface area (Å²) in [5.41, 5.74) is 0.857. The third-order valence-electron chi connectivity index (χ3n) is 1.85. The number of para-hydroxylation sites is 1. The molecule has 1 heterocycles. The molecule has 15 heavy (non-hydrogen) atoms. The van der Waals surface area contributed by atoms with Crippen LogP contribution in [0.2, 0.25) is 0 Å². The second-order valence-electron chi connectivity index (χ2n) is 3.00. The van der Waals surface area contributed by atoms with Gasteiger partial charge in [0.25, 0.3) is 0 Å². The molecule has 0 saturated heterocycles. The lowest BCUT2D eigenvalue weighted by Gasteiger charge is -2.04. The molecule has 0 aliphatic rings. The number of aromatic nitrogens is 2. The van der Waals surface area contributed by atoms with Crippen molar-refractivity contribution in [2.24, 2.45) is 0 Å². The monoisotopic (exact) mass is 264 g/mol. The zero-order chi connectivity index (χ0) is 10.7. The molecule has 0 radical (unpaired) electrons. The van der Waals surface area contributed by atoms with Gasteiger partial charge in [-0.05, 0) is 35.0 Å². The Morgan fingerprint density at radius 2 is 1.93 bits per heavy atom. The molecule has 4 heteroatoms. The molecule has 0 N–H and O–H groups in total. The van der Waals surface area contributed by atoms with E-state index in [-0.39, 0.29) is 0 Å². The molecule has 0 spiro atoms. The minimum absolute atomic E-state index is 0.363. The lowest BCUT2D eigenvalue weighted by Crippen LogP contribution is -1.93. The summed E-state index contributed by atoms with van der Waals surface area (Å²) in [5, 5.41) is 0. The molecular weight excluding hydrogens is 256 g/mol. The first-order chi connectivity index (χ1) is 7.25. The maximum atomic E-state index is 5.47. The van der Waals surface area contributed by atoms with Crippen LogP contribution in [0.5, 0.6) is 11.8 Å². The van der Waals surface area contributed by atoms with E-state index in [0.29, 0.717) is 6.01 Å². The summed E-state index contributed by atoms with van der Waals surface area (Å²) in [6, 6.07) is 9.83. The van der Waals surface area contributed by atoms with E-state index in [4.69, 9.17) is 4.74 Å². The highest BCUT2D eigenvalue weighted by molar-refractivity contribution is 9.10. The van der Waals surface area contributed by atoms with Crippen LogP contribution in [0.3, 0.4) is 0 Å². The number of aryl methyl sites for hydroxylation is 1. The molecular formula is C11H9BrN2O. The normalized spacial score (nSPS) is 10.0. The van der Waals surface area contributed by atoms with Crippen LogP contribution >= 0.6 is 15.9 Å². The van der Waals surface area contributed by atoms with Gasteiger partial charge in [0.2, 0.25) is 0 Å². The number of hydrogen-bond donors (Lipinski definition) is 0. The van der Waals surface area contributed by atoms with Crippen molar-refractivity contribution in [3.63, 3.8) is 0 Å². The summed E-state index contributed by atoms with van der Waals surface area (Å²) in [7, 11) is 0. The van der Waals surface area contributed by atoms with Crippen molar-refractivity contribution in [2.45, 2.75) is 6.92 Å². The van der Waals surface area contributed by atoms with Crippen LogP contribution in [-0.2, 0) is 0 Å². The fourth-order valence-corrected chi connectivity index (χ4v) is 1.27. The molecule has 3 nitrogen and oxygen atoms in total. The largest absolute Gasteiger partial charge is 0.424 e. The maximum Gasteiger partial charge on any atom is 0.322 e. The Hall–Kier alpha value is -1.42. The van der Waals surface area contributed by atoms with Crippen molar-refractivity contribution in [1.82, 2.24) is 9.97 Å². The predicted molar refractivity (Wildman–Crippen MR) is 61.0 cm³/mol. The molecule has 1 aromatic carbocycles. The average molecular weight is 265 g/mol. The van der Waals surface area contributed by atoms with E-state index in [9.17, 15) is 0 Å². The Kier molecular flexibility index (Phi) is 2.97. The van der Waals surface area contributed by atoms with Crippen LogP contribution < -0.4 is 4.74 Å². The van der Waals surface area contributed by atoms with Crippen molar-refractivity contribution in [2.75, 3.05) is 0 Å². The van der Waals surface area contributed by atoms with Crippen LogP contribution in [0.1, 0.15) is 5.69 Å². The fraction of sp³-hybridized carbons (Fsp3) is 0.0909. The van der Waals surface area contributed by atoms with E-state index >= 15 is 0 Å². The number of halogens is 1. The third kappa shape index (κ3) is 2.53. The van der Waals surface area contributed by atoms with Gasteiger partial charge >= 0.3 is 6.01 Å². The molecule has 0 atom stereocenters. The third-order valence-corrected chi connectivity index (χ3v) is 2.63. The standard InChI is InChI=1S/C11H9BrN2O/c1-8-10(12)7-13-11(14-8)15-9-5-3-2-4-6-9/h2-7H,1H3. The van der Waals surface area contributed by atoms with Gasteiger partial charge in [-0.3, -0.25) is 0 Å². The molecule has 0 bridgehead atoms. The zero-order valence-electron chi connectivity index (χ0n) is 8.14. The van der Waals surface area contributed by atoms with Gasteiger partial charge in [-0.25, -0.2) is 4.98 Å².